The van der Waals surface area contributed by atoms with Crippen LogP contribution in [0, 0.1) is 0 Å². The van der Waals surface area contributed by atoms with Gasteiger partial charge in [-0.05, 0) is 57.7 Å². The minimum Gasteiger partial charge on any atom is -0.355 e. The van der Waals surface area contributed by atoms with Gasteiger partial charge in [0.2, 0.25) is 15.9 Å². The van der Waals surface area contributed by atoms with Crippen LogP contribution in [0.1, 0.15) is 45.4 Å². The monoisotopic (exact) mass is 393 g/mol. The molecule has 3 rings (SSSR count). The number of benzene rings is 1. The van der Waals surface area contributed by atoms with E-state index in [1.807, 2.05) is 0 Å². The molecule has 1 N–H and O–H groups in total. The van der Waals surface area contributed by atoms with Crippen molar-refractivity contribution in [3.63, 3.8) is 0 Å². The van der Waals surface area contributed by atoms with E-state index in [1.165, 1.54) is 23.6 Å². The summed E-state index contributed by atoms with van der Waals surface area (Å²) in [5, 5.41) is 2.96. The fraction of sp³-hybridized carbons (Fsp3) is 0.650. The molecule has 1 amide bonds. The predicted molar refractivity (Wildman–Crippen MR) is 106 cm³/mol. The number of sulfonamides is 1. The summed E-state index contributed by atoms with van der Waals surface area (Å²) in [6.07, 6.45) is 6.01. The number of carbonyl (C=O) groups excluding carboxylic acids is 1. The second kappa shape index (κ2) is 9.17. The zero-order chi connectivity index (χ0) is 19.3. The van der Waals surface area contributed by atoms with Crippen molar-refractivity contribution in [2.24, 2.45) is 0 Å². The molecule has 6 nitrogen and oxygen atoms in total. The second-order valence-electron chi connectivity index (χ2n) is 7.61. The predicted octanol–water partition coefficient (Wildman–Crippen LogP) is 2.22. The molecule has 2 fully saturated rings. The third-order valence-corrected chi connectivity index (χ3v) is 7.64. The van der Waals surface area contributed by atoms with Crippen molar-refractivity contribution in [3.05, 3.63) is 30.3 Å². The lowest BCUT2D eigenvalue weighted by atomic mass is 10.0. The maximum absolute atomic E-state index is 12.9. The molecule has 0 spiro atoms. The number of piperidine rings is 1. The van der Waals surface area contributed by atoms with Gasteiger partial charge in [-0.2, -0.15) is 4.31 Å². The molecule has 2 heterocycles. The first kappa shape index (κ1) is 20.3. The van der Waals surface area contributed by atoms with Crippen LogP contribution in [0.25, 0.3) is 0 Å². The topological polar surface area (TPSA) is 69.7 Å². The van der Waals surface area contributed by atoms with E-state index in [-0.39, 0.29) is 10.8 Å². The highest BCUT2D eigenvalue weighted by Crippen LogP contribution is 2.26. The van der Waals surface area contributed by atoms with Crippen molar-refractivity contribution >= 4 is 15.9 Å². The Morgan fingerprint density at radius 2 is 1.89 bits per heavy atom. The summed E-state index contributed by atoms with van der Waals surface area (Å²) in [6.45, 7) is 5.39. The van der Waals surface area contributed by atoms with Gasteiger partial charge in [0.1, 0.15) is 6.04 Å². The number of nitrogens with one attached hydrogen (secondary N) is 1. The van der Waals surface area contributed by atoms with Gasteiger partial charge in [0.15, 0.2) is 0 Å². The van der Waals surface area contributed by atoms with Crippen molar-refractivity contribution in [1.82, 2.24) is 14.5 Å². The molecule has 1 aromatic rings. The molecule has 0 bridgehead atoms. The van der Waals surface area contributed by atoms with E-state index in [4.69, 9.17) is 0 Å². The van der Waals surface area contributed by atoms with E-state index in [9.17, 15) is 13.2 Å². The molecule has 7 heteroatoms. The van der Waals surface area contributed by atoms with E-state index >= 15 is 0 Å². The van der Waals surface area contributed by atoms with Gasteiger partial charge >= 0.3 is 0 Å². The van der Waals surface area contributed by atoms with Gasteiger partial charge in [-0.3, -0.25) is 4.79 Å². The second-order valence-corrected chi connectivity index (χ2v) is 9.50. The highest BCUT2D eigenvalue weighted by Gasteiger charge is 2.39. The molecular weight excluding hydrogens is 362 g/mol. The van der Waals surface area contributed by atoms with E-state index in [0.29, 0.717) is 25.6 Å². The van der Waals surface area contributed by atoms with Crippen LogP contribution in [0.3, 0.4) is 0 Å². The van der Waals surface area contributed by atoms with Gasteiger partial charge in [-0.15, -0.1) is 0 Å². The maximum atomic E-state index is 12.9. The molecule has 0 saturated carbocycles. The van der Waals surface area contributed by atoms with E-state index in [1.54, 1.807) is 30.3 Å². The summed E-state index contributed by atoms with van der Waals surface area (Å²) in [6, 6.07) is 8.40. The van der Waals surface area contributed by atoms with Gasteiger partial charge in [-0.25, -0.2) is 8.42 Å². The van der Waals surface area contributed by atoms with E-state index in [2.05, 4.69) is 17.1 Å². The normalized spacial score (nSPS) is 24.8. The number of nitrogens with zero attached hydrogens (tertiary/aromatic N) is 2. The molecular formula is C20H31N3O3S. The van der Waals surface area contributed by atoms with Crippen molar-refractivity contribution in [2.75, 3.05) is 26.2 Å². The highest BCUT2D eigenvalue weighted by molar-refractivity contribution is 7.89. The molecule has 2 atom stereocenters. The number of likely N-dealkylation sites (tertiary alicyclic amines) is 1. The molecule has 150 valence electrons. The van der Waals surface area contributed by atoms with Gasteiger partial charge in [0, 0.05) is 25.7 Å². The number of carbonyl (C=O) groups is 1. The Hall–Kier alpha value is -1.44. The molecule has 0 unspecified atom stereocenters. The fourth-order valence-corrected chi connectivity index (χ4v) is 5.80. The van der Waals surface area contributed by atoms with Crippen LogP contribution in [0.2, 0.25) is 0 Å². The largest absolute Gasteiger partial charge is 0.355 e. The molecule has 2 aliphatic heterocycles. The number of amides is 1. The van der Waals surface area contributed by atoms with Crippen LogP contribution < -0.4 is 5.32 Å². The van der Waals surface area contributed by atoms with Crippen LogP contribution in [-0.4, -0.2) is 61.8 Å². The zero-order valence-corrected chi connectivity index (χ0v) is 17.0. The SMILES string of the molecule is C[C@H]1CCCCN1CCCNC(=O)[C@@H]1CCCN1S(=O)(=O)c1ccccc1. The van der Waals surface area contributed by atoms with Gasteiger partial charge in [0.05, 0.1) is 4.90 Å². The standard InChI is InChI=1S/C20H31N3O3S/c1-17-9-5-6-14-22(17)15-8-13-21-20(24)19-12-7-16-23(19)27(25,26)18-10-3-2-4-11-18/h2-4,10-11,17,19H,5-9,12-16H2,1H3,(H,21,24)/t17-,19-/m0/s1. The third-order valence-electron chi connectivity index (χ3n) is 5.72. The summed E-state index contributed by atoms with van der Waals surface area (Å²) < 4.78 is 27.1. The maximum Gasteiger partial charge on any atom is 0.243 e. The van der Waals surface area contributed by atoms with Crippen LogP contribution in [0.5, 0.6) is 0 Å². The average molecular weight is 394 g/mol. The molecule has 0 radical (unpaired) electrons. The minimum atomic E-state index is -3.62. The molecule has 27 heavy (non-hydrogen) atoms. The van der Waals surface area contributed by atoms with Crippen molar-refractivity contribution in [3.8, 4) is 0 Å². The average Bonchev–Trinajstić information content (AvgIpc) is 3.18. The quantitative estimate of drug-likeness (QED) is 0.721. The number of hydrogen-bond acceptors (Lipinski definition) is 4. The van der Waals surface area contributed by atoms with E-state index < -0.39 is 16.1 Å². The Morgan fingerprint density at radius 1 is 1.11 bits per heavy atom. The Kier molecular flexibility index (Phi) is 6.89. The van der Waals surface area contributed by atoms with Gasteiger partial charge in [-0.1, -0.05) is 24.6 Å². The van der Waals surface area contributed by atoms with Crippen LogP contribution in [0.15, 0.2) is 35.2 Å². The smallest absolute Gasteiger partial charge is 0.243 e. The van der Waals surface area contributed by atoms with E-state index in [0.717, 1.165) is 25.9 Å². The van der Waals surface area contributed by atoms with Gasteiger partial charge < -0.3 is 10.2 Å². The Balaban J connectivity index is 1.51. The third kappa shape index (κ3) is 4.89. The lowest BCUT2D eigenvalue weighted by Crippen LogP contribution is -2.46. The highest BCUT2D eigenvalue weighted by atomic mass is 32.2. The summed E-state index contributed by atoms with van der Waals surface area (Å²) in [5.74, 6) is -0.168. The minimum absolute atomic E-state index is 0.168. The number of rotatable bonds is 7. The molecule has 0 aliphatic carbocycles. The van der Waals surface area contributed by atoms with Crippen LogP contribution in [0.4, 0.5) is 0 Å². The summed E-state index contributed by atoms with van der Waals surface area (Å²) in [5.41, 5.74) is 0. The van der Waals surface area contributed by atoms with Crippen LogP contribution in [-0.2, 0) is 14.8 Å². The molecule has 0 aromatic heterocycles. The first-order valence-corrected chi connectivity index (χ1v) is 11.5. The summed E-state index contributed by atoms with van der Waals surface area (Å²) in [7, 11) is -3.62. The molecule has 2 aliphatic rings. The summed E-state index contributed by atoms with van der Waals surface area (Å²) in [4.78, 5) is 15.4. The van der Waals surface area contributed by atoms with Crippen molar-refractivity contribution < 1.29 is 13.2 Å². The Morgan fingerprint density at radius 3 is 2.63 bits per heavy atom. The Labute approximate surface area is 163 Å². The summed E-state index contributed by atoms with van der Waals surface area (Å²) >= 11 is 0. The molecule has 2 saturated heterocycles. The Bertz CT molecular complexity index is 723. The lowest BCUT2D eigenvalue weighted by molar-refractivity contribution is -0.124. The first-order valence-electron chi connectivity index (χ1n) is 10.1. The zero-order valence-electron chi connectivity index (χ0n) is 16.1. The number of hydrogen-bond donors (Lipinski definition) is 1. The fourth-order valence-electron chi connectivity index (χ4n) is 4.12. The van der Waals surface area contributed by atoms with Crippen LogP contribution >= 0.6 is 0 Å². The van der Waals surface area contributed by atoms with Crippen molar-refractivity contribution in [2.45, 2.75) is 62.4 Å². The van der Waals surface area contributed by atoms with Gasteiger partial charge in [0.25, 0.3) is 0 Å². The van der Waals surface area contributed by atoms with Crippen molar-refractivity contribution in [1.29, 1.82) is 0 Å². The first-order chi connectivity index (χ1) is 13.0. The molecule has 1 aromatic carbocycles. The lowest BCUT2D eigenvalue weighted by Gasteiger charge is -2.33.